The fraction of sp³-hybridized carbons (Fsp3) is 0.516. The van der Waals surface area contributed by atoms with Crippen LogP contribution < -0.4 is 4.74 Å². The van der Waals surface area contributed by atoms with Crippen molar-refractivity contribution < 1.29 is 32.3 Å². The van der Waals surface area contributed by atoms with Crippen LogP contribution in [0, 0.1) is 11.3 Å². The second-order valence-electron chi connectivity index (χ2n) is 11.9. The monoisotopic (exact) mass is 605 g/mol. The van der Waals surface area contributed by atoms with Gasteiger partial charge < -0.3 is 19.4 Å². The number of carbonyl (C=O) groups excluding carboxylic acids is 3. The van der Waals surface area contributed by atoms with Gasteiger partial charge in [0.2, 0.25) is 11.8 Å². The molecule has 2 aromatic rings. The maximum atomic E-state index is 13.7. The Hall–Kier alpha value is -3.27. The van der Waals surface area contributed by atoms with Crippen LogP contribution in [0.1, 0.15) is 60.0 Å². The number of halogens is 4. The number of alkyl halides is 3. The summed E-state index contributed by atoms with van der Waals surface area (Å²) in [5.41, 5.74) is -0.510. The first-order valence-corrected chi connectivity index (χ1v) is 14.6. The van der Waals surface area contributed by atoms with E-state index >= 15 is 0 Å². The summed E-state index contributed by atoms with van der Waals surface area (Å²) in [5.74, 6) is -1.30. The summed E-state index contributed by atoms with van der Waals surface area (Å²) in [7, 11) is 2.71. The Balaban J connectivity index is 1.34. The minimum atomic E-state index is -4.70. The Bertz CT molecular complexity index is 1350. The summed E-state index contributed by atoms with van der Waals surface area (Å²) >= 11 is 6.11. The van der Waals surface area contributed by atoms with E-state index in [1.54, 1.807) is 24.1 Å². The van der Waals surface area contributed by atoms with E-state index in [1.165, 1.54) is 11.0 Å². The van der Waals surface area contributed by atoms with Crippen molar-refractivity contribution in [2.75, 3.05) is 40.3 Å². The average Bonchev–Trinajstić information content (AvgIpc) is 3.58. The number of likely N-dealkylation sites (tertiary alicyclic amines) is 2. The lowest BCUT2D eigenvalue weighted by atomic mass is 9.93. The highest BCUT2D eigenvalue weighted by Gasteiger charge is 2.48. The van der Waals surface area contributed by atoms with Crippen LogP contribution in [-0.4, -0.2) is 78.8 Å². The van der Waals surface area contributed by atoms with Crippen molar-refractivity contribution in [1.29, 1.82) is 0 Å². The van der Waals surface area contributed by atoms with Crippen LogP contribution in [0.3, 0.4) is 0 Å². The van der Waals surface area contributed by atoms with Crippen LogP contribution in [0.5, 0.6) is 5.75 Å². The highest BCUT2D eigenvalue weighted by molar-refractivity contribution is 6.30. The van der Waals surface area contributed by atoms with E-state index in [0.717, 1.165) is 37.6 Å². The van der Waals surface area contributed by atoms with Crippen molar-refractivity contribution >= 4 is 29.3 Å². The van der Waals surface area contributed by atoms with E-state index in [0.29, 0.717) is 37.5 Å². The second-order valence-corrected chi connectivity index (χ2v) is 12.4. The lowest BCUT2D eigenvalue weighted by Gasteiger charge is -2.34. The van der Waals surface area contributed by atoms with Crippen LogP contribution in [0.15, 0.2) is 42.5 Å². The van der Waals surface area contributed by atoms with Crippen molar-refractivity contribution in [2.45, 2.75) is 50.7 Å². The molecule has 2 aromatic carbocycles. The third kappa shape index (κ3) is 5.96. The molecule has 42 heavy (non-hydrogen) atoms. The molecule has 1 saturated carbocycles. The van der Waals surface area contributed by atoms with E-state index in [9.17, 15) is 27.6 Å². The number of amides is 3. The molecular weight excluding hydrogens is 571 g/mol. The smallest absolute Gasteiger partial charge is 0.419 e. The molecule has 3 aliphatic rings. The van der Waals surface area contributed by atoms with Crippen molar-refractivity contribution in [3.63, 3.8) is 0 Å². The van der Waals surface area contributed by atoms with E-state index in [-0.39, 0.29) is 46.9 Å². The number of methoxy groups -OCH3 is 1. The lowest BCUT2D eigenvalue weighted by molar-refractivity contribution is -0.142. The van der Waals surface area contributed by atoms with Gasteiger partial charge in [-0.3, -0.25) is 14.4 Å². The molecule has 2 saturated heterocycles. The molecule has 1 aliphatic carbocycles. The van der Waals surface area contributed by atoms with Gasteiger partial charge in [-0.15, -0.1) is 0 Å². The Kier molecular flexibility index (Phi) is 8.22. The molecule has 0 radical (unpaired) electrons. The number of ether oxygens (including phenoxy) is 1. The molecule has 0 spiro atoms. The van der Waals surface area contributed by atoms with E-state index in [2.05, 4.69) is 0 Å². The zero-order valence-electron chi connectivity index (χ0n) is 23.9. The first kappa shape index (κ1) is 30.2. The molecule has 3 fully saturated rings. The number of hydrogen-bond donors (Lipinski definition) is 0. The number of carbonyl (C=O) groups is 3. The van der Waals surface area contributed by atoms with Crippen molar-refractivity contribution in [3.8, 4) is 5.75 Å². The average molecular weight is 606 g/mol. The molecule has 2 atom stereocenters. The van der Waals surface area contributed by atoms with Gasteiger partial charge >= 0.3 is 6.18 Å². The van der Waals surface area contributed by atoms with Crippen LogP contribution in [0.2, 0.25) is 5.02 Å². The van der Waals surface area contributed by atoms with Crippen molar-refractivity contribution in [3.05, 3.63) is 64.2 Å². The quantitative estimate of drug-likeness (QED) is 0.438. The SMILES string of the molecule is COc1ccc(C(=O)N(C)[C@H]2CN(C(=O)C3CCN(C(=O)C4(C)CC4)CC3)C[C@@H]2c2ccc(Cl)cc2)cc1C(F)(F)F. The van der Waals surface area contributed by atoms with Gasteiger partial charge in [-0.1, -0.05) is 30.7 Å². The molecule has 2 heterocycles. The van der Waals surface area contributed by atoms with E-state index < -0.39 is 23.7 Å². The molecule has 2 aliphatic heterocycles. The van der Waals surface area contributed by atoms with Gasteiger partial charge in [0.15, 0.2) is 0 Å². The third-order valence-electron chi connectivity index (χ3n) is 9.12. The number of hydrogen-bond acceptors (Lipinski definition) is 4. The van der Waals surface area contributed by atoms with Crippen molar-refractivity contribution in [1.82, 2.24) is 14.7 Å². The van der Waals surface area contributed by atoms with Crippen LogP contribution in [-0.2, 0) is 15.8 Å². The maximum absolute atomic E-state index is 13.7. The highest BCUT2D eigenvalue weighted by Crippen LogP contribution is 2.47. The fourth-order valence-electron chi connectivity index (χ4n) is 6.18. The summed E-state index contributed by atoms with van der Waals surface area (Å²) in [4.78, 5) is 45.1. The first-order valence-electron chi connectivity index (χ1n) is 14.2. The second kappa shape index (κ2) is 11.4. The Labute approximate surface area is 248 Å². The molecule has 5 rings (SSSR count). The topological polar surface area (TPSA) is 70.2 Å². The Morgan fingerprint density at radius 2 is 1.64 bits per heavy atom. The van der Waals surface area contributed by atoms with Gasteiger partial charge in [0.05, 0.1) is 18.7 Å². The molecule has 3 amide bonds. The molecule has 11 heteroatoms. The van der Waals surface area contributed by atoms with Gasteiger partial charge in [0.25, 0.3) is 5.91 Å². The predicted molar refractivity (Wildman–Crippen MR) is 151 cm³/mol. The van der Waals surface area contributed by atoms with Gasteiger partial charge in [0.1, 0.15) is 5.75 Å². The minimum Gasteiger partial charge on any atom is -0.496 e. The largest absolute Gasteiger partial charge is 0.496 e. The molecule has 0 N–H and O–H groups in total. The first-order chi connectivity index (χ1) is 19.8. The van der Waals surface area contributed by atoms with Crippen molar-refractivity contribution in [2.24, 2.45) is 11.3 Å². The Morgan fingerprint density at radius 3 is 2.21 bits per heavy atom. The molecule has 226 valence electrons. The van der Waals surface area contributed by atoms with Crippen LogP contribution in [0.25, 0.3) is 0 Å². The number of rotatable bonds is 6. The highest BCUT2D eigenvalue weighted by atomic mass is 35.5. The number of nitrogens with zero attached hydrogens (tertiary/aromatic N) is 3. The van der Waals surface area contributed by atoms with Gasteiger partial charge in [-0.25, -0.2) is 0 Å². The molecule has 0 unspecified atom stereocenters. The summed E-state index contributed by atoms with van der Waals surface area (Å²) in [6.07, 6.45) is -1.72. The van der Waals surface area contributed by atoms with Gasteiger partial charge in [-0.05, 0) is 61.6 Å². The maximum Gasteiger partial charge on any atom is 0.419 e. The fourth-order valence-corrected chi connectivity index (χ4v) is 6.31. The van der Waals surface area contributed by atoms with Gasteiger partial charge in [0, 0.05) is 61.1 Å². The standard InChI is InChI=1S/C31H35ClF3N3O4/c1-30(12-13-30)29(41)37-14-10-20(11-15-37)28(40)38-17-23(19-4-7-22(32)8-5-19)25(18-38)36(2)27(39)21-6-9-26(42-3)24(16-21)31(33,34)35/h4-9,16,20,23,25H,10-15,17-18H2,1-3H3/t23-,25+/m1/s1. The molecule has 0 bridgehead atoms. The zero-order valence-corrected chi connectivity index (χ0v) is 24.7. The zero-order chi connectivity index (χ0) is 30.4. The normalized spacial score (nSPS) is 22.2. The Morgan fingerprint density at radius 1 is 1.00 bits per heavy atom. The molecule has 0 aromatic heterocycles. The van der Waals surface area contributed by atoms with Crippen LogP contribution in [0.4, 0.5) is 13.2 Å². The number of benzene rings is 2. The van der Waals surface area contributed by atoms with Crippen LogP contribution >= 0.6 is 11.6 Å². The summed E-state index contributed by atoms with van der Waals surface area (Å²) in [6, 6.07) is 9.98. The summed E-state index contributed by atoms with van der Waals surface area (Å²) < 4.78 is 45.9. The summed E-state index contributed by atoms with van der Waals surface area (Å²) in [6.45, 7) is 3.67. The number of piperidine rings is 1. The summed E-state index contributed by atoms with van der Waals surface area (Å²) in [5, 5.41) is 0.546. The number of likely N-dealkylation sites (N-methyl/N-ethyl adjacent to an activating group) is 1. The molecular formula is C31H35ClF3N3O4. The van der Waals surface area contributed by atoms with E-state index in [4.69, 9.17) is 16.3 Å². The minimum absolute atomic E-state index is 0.0224. The van der Waals surface area contributed by atoms with E-state index in [1.807, 2.05) is 24.0 Å². The predicted octanol–water partition coefficient (Wildman–Crippen LogP) is 5.47. The molecule has 7 nitrogen and oxygen atoms in total. The third-order valence-corrected chi connectivity index (χ3v) is 9.37. The lowest BCUT2D eigenvalue weighted by Crippen LogP contribution is -2.46. The van der Waals surface area contributed by atoms with Gasteiger partial charge in [-0.2, -0.15) is 13.2 Å².